The van der Waals surface area contributed by atoms with Gasteiger partial charge in [-0.25, -0.2) is 0 Å². The van der Waals surface area contributed by atoms with Gasteiger partial charge >= 0.3 is 0 Å². The van der Waals surface area contributed by atoms with Crippen molar-refractivity contribution in [2.24, 2.45) is 0 Å². The van der Waals surface area contributed by atoms with Gasteiger partial charge in [0.2, 0.25) is 5.91 Å². The zero-order chi connectivity index (χ0) is 21.5. The van der Waals surface area contributed by atoms with Gasteiger partial charge in [0, 0.05) is 22.0 Å². The Morgan fingerprint density at radius 3 is 2.50 bits per heavy atom. The van der Waals surface area contributed by atoms with Gasteiger partial charge in [-0.3, -0.25) is 9.59 Å². The topological polar surface area (TPSA) is 70.2 Å². The van der Waals surface area contributed by atoms with Crippen LogP contribution in [0.3, 0.4) is 0 Å². The molecule has 0 fully saturated rings. The number of carbonyl (C=O) groups excluding carboxylic acids is 2. The zero-order valence-electron chi connectivity index (χ0n) is 16.9. The minimum absolute atomic E-state index is 0.0860. The number of hydrogen-bond acceptors (Lipinski definition) is 3. The third kappa shape index (κ3) is 5.84. The molecule has 0 bridgehead atoms. The summed E-state index contributed by atoms with van der Waals surface area (Å²) >= 11 is 6.01. The highest BCUT2D eigenvalue weighted by atomic mass is 35.5. The number of rotatable bonds is 7. The normalized spacial score (nSPS) is 11.4. The van der Waals surface area contributed by atoms with Crippen LogP contribution in [-0.2, 0) is 4.79 Å². The average Bonchev–Trinajstić information content (AvgIpc) is 2.75. The van der Waals surface area contributed by atoms with Gasteiger partial charge in [0.1, 0.15) is 0 Å². The molecule has 0 saturated carbocycles. The Kier molecular flexibility index (Phi) is 7.09. The Labute approximate surface area is 181 Å². The molecule has 3 N–H and O–H groups in total. The summed E-state index contributed by atoms with van der Waals surface area (Å²) in [6.07, 6.45) is 0. The zero-order valence-corrected chi connectivity index (χ0v) is 17.7. The van der Waals surface area contributed by atoms with Gasteiger partial charge < -0.3 is 16.0 Å². The Morgan fingerprint density at radius 2 is 1.73 bits per heavy atom. The van der Waals surface area contributed by atoms with Gasteiger partial charge in [0.05, 0.1) is 12.6 Å². The summed E-state index contributed by atoms with van der Waals surface area (Å²) in [4.78, 5) is 24.9. The minimum atomic E-state index is -0.218. The molecule has 1 atom stereocenters. The first-order valence-electron chi connectivity index (χ1n) is 9.68. The molecule has 1 unspecified atom stereocenters. The van der Waals surface area contributed by atoms with Gasteiger partial charge in [-0.15, -0.1) is 0 Å². The van der Waals surface area contributed by atoms with Crippen molar-refractivity contribution in [3.63, 3.8) is 0 Å². The maximum atomic E-state index is 12.6. The molecule has 0 aliphatic heterocycles. The molecule has 0 heterocycles. The lowest BCUT2D eigenvalue weighted by atomic mass is 10.1. The highest BCUT2D eigenvalue weighted by molar-refractivity contribution is 6.30. The van der Waals surface area contributed by atoms with Crippen LogP contribution in [0, 0.1) is 6.92 Å². The second-order valence-electron chi connectivity index (χ2n) is 7.05. The fraction of sp³-hybridized carbons (Fsp3) is 0.167. The quantitative estimate of drug-likeness (QED) is 0.491. The second-order valence-corrected chi connectivity index (χ2v) is 7.48. The van der Waals surface area contributed by atoms with Gasteiger partial charge in [-0.05, 0) is 55.3 Å². The lowest BCUT2D eigenvalue weighted by Gasteiger charge is -2.15. The largest absolute Gasteiger partial charge is 0.376 e. The maximum absolute atomic E-state index is 12.6. The Morgan fingerprint density at radius 1 is 0.967 bits per heavy atom. The number of carbonyl (C=O) groups is 2. The number of nitrogens with one attached hydrogen (secondary N) is 3. The van der Waals surface area contributed by atoms with Crippen molar-refractivity contribution in [2.75, 3.05) is 17.2 Å². The predicted molar refractivity (Wildman–Crippen MR) is 122 cm³/mol. The molecule has 0 aromatic heterocycles. The maximum Gasteiger partial charge on any atom is 0.251 e. The van der Waals surface area contributed by atoms with E-state index in [9.17, 15) is 9.59 Å². The molecular formula is C24H24ClN3O2. The van der Waals surface area contributed by atoms with Crippen LogP contribution >= 0.6 is 11.6 Å². The van der Waals surface area contributed by atoms with Crippen molar-refractivity contribution in [1.29, 1.82) is 0 Å². The fourth-order valence-corrected chi connectivity index (χ4v) is 3.18. The third-order valence-electron chi connectivity index (χ3n) is 4.69. The molecule has 6 heteroatoms. The smallest absolute Gasteiger partial charge is 0.251 e. The van der Waals surface area contributed by atoms with Crippen LogP contribution in [0.1, 0.15) is 34.5 Å². The molecule has 5 nitrogen and oxygen atoms in total. The van der Waals surface area contributed by atoms with E-state index in [-0.39, 0.29) is 24.4 Å². The first-order valence-corrected chi connectivity index (χ1v) is 10.1. The Hall–Kier alpha value is -3.31. The van der Waals surface area contributed by atoms with Gasteiger partial charge in [0.15, 0.2) is 0 Å². The van der Waals surface area contributed by atoms with Crippen LogP contribution in [0.15, 0.2) is 72.8 Å². The first-order chi connectivity index (χ1) is 14.4. The number of amides is 2. The Bertz CT molecular complexity index is 1040. The summed E-state index contributed by atoms with van der Waals surface area (Å²) in [5.74, 6) is -0.417. The molecule has 154 valence electrons. The standard InChI is InChI=1S/C24H24ClN3O2/c1-16-11-12-20(25)14-22(16)26-15-23(29)28-21-10-6-9-19(13-21)24(30)27-17(2)18-7-4-3-5-8-18/h3-14,17,26H,15H2,1-2H3,(H,27,30)(H,28,29). The molecule has 0 aliphatic carbocycles. The van der Waals surface area contributed by atoms with Gasteiger partial charge in [-0.1, -0.05) is 54.1 Å². The molecule has 3 aromatic carbocycles. The molecule has 3 rings (SSSR count). The van der Waals surface area contributed by atoms with E-state index in [1.54, 1.807) is 36.4 Å². The molecule has 30 heavy (non-hydrogen) atoms. The number of aryl methyl sites for hydroxylation is 1. The highest BCUT2D eigenvalue weighted by Gasteiger charge is 2.12. The lowest BCUT2D eigenvalue weighted by Crippen LogP contribution is -2.27. The molecule has 2 amide bonds. The van der Waals surface area contributed by atoms with Crippen molar-refractivity contribution in [3.05, 3.63) is 94.5 Å². The van der Waals surface area contributed by atoms with E-state index in [1.807, 2.05) is 50.2 Å². The van der Waals surface area contributed by atoms with Crippen LogP contribution < -0.4 is 16.0 Å². The Balaban J connectivity index is 1.58. The number of halogens is 1. The van der Waals surface area contributed by atoms with Crippen LogP contribution in [0.2, 0.25) is 5.02 Å². The molecule has 3 aromatic rings. The highest BCUT2D eigenvalue weighted by Crippen LogP contribution is 2.20. The van der Waals surface area contributed by atoms with Crippen LogP contribution in [0.25, 0.3) is 0 Å². The van der Waals surface area contributed by atoms with E-state index < -0.39 is 0 Å². The molecular weight excluding hydrogens is 398 g/mol. The van der Waals surface area contributed by atoms with E-state index >= 15 is 0 Å². The number of hydrogen-bond donors (Lipinski definition) is 3. The van der Waals surface area contributed by atoms with E-state index in [1.165, 1.54) is 0 Å². The summed E-state index contributed by atoms with van der Waals surface area (Å²) in [5, 5.41) is 9.47. The van der Waals surface area contributed by atoms with Crippen LogP contribution in [0.4, 0.5) is 11.4 Å². The monoisotopic (exact) mass is 421 g/mol. The van der Waals surface area contributed by atoms with E-state index in [2.05, 4.69) is 16.0 Å². The van der Waals surface area contributed by atoms with E-state index in [4.69, 9.17) is 11.6 Å². The molecule has 0 aliphatic rings. The van der Waals surface area contributed by atoms with Crippen molar-refractivity contribution < 1.29 is 9.59 Å². The van der Waals surface area contributed by atoms with Crippen LogP contribution in [-0.4, -0.2) is 18.4 Å². The summed E-state index contributed by atoms with van der Waals surface area (Å²) in [5.41, 5.74) is 3.87. The van der Waals surface area contributed by atoms with E-state index in [0.29, 0.717) is 16.3 Å². The molecule has 0 radical (unpaired) electrons. The first kappa shape index (κ1) is 21.4. The SMILES string of the molecule is Cc1ccc(Cl)cc1NCC(=O)Nc1cccc(C(=O)NC(C)c2ccccc2)c1. The van der Waals surface area contributed by atoms with Crippen molar-refractivity contribution in [2.45, 2.75) is 19.9 Å². The number of anilines is 2. The molecule has 0 saturated heterocycles. The van der Waals surface area contributed by atoms with Gasteiger partial charge in [-0.2, -0.15) is 0 Å². The fourth-order valence-electron chi connectivity index (χ4n) is 3.01. The van der Waals surface area contributed by atoms with Gasteiger partial charge in [0.25, 0.3) is 5.91 Å². The predicted octanol–water partition coefficient (Wildman–Crippen LogP) is 5.19. The third-order valence-corrected chi connectivity index (χ3v) is 4.93. The van der Waals surface area contributed by atoms with Crippen molar-refractivity contribution in [1.82, 2.24) is 5.32 Å². The van der Waals surface area contributed by atoms with Crippen LogP contribution in [0.5, 0.6) is 0 Å². The lowest BCUT2D eigenvalue weighted by molar-refractivity contribution is -0.114. The minimum Gasteiger partial charge on any atom is -0.376 e. The number of benzene rings is 3. The summed E-state index contributed by atoms with van der Waals surface area (Å²) in [6, 6.07) is 22.0. The summed E-state index contributed by atoms with van der Waals surface area (Å²) < 4.78 is 0. The van der Waals surface area contributed by atoms with Crippen molar-refractivity contribution in [3.8, 4) is 0 Å². The van der Waals surface area contributed by atoms with Crippen molar-refractivity contribution >= 4 is 34.8 Å². The summed E-state index contributed by atoms with van der Waals surface area (Å²) in [6.45, 7) is 3.96. The summed E-state index contributed by atoms with van der Waals surface area (Å²) in [7, 11) is 0. The second kappa shape index (κ2) is 9.94. The average molecular weight is 422 g/mol. The molecule has 0 spiro atoms. The van der Waals surface area contributed by atoms with E-state index in [0.717, 1.165) is 16.8 Å².